The van der Waals surface area contributed by atoms with Crippen LogP contribution in [0.3, 0.4) is 0 Å². The van der Waals surface area contributed by atoms with Crippen LogP contribution in [0.1, 0.15) is 32.1 Å². The molecule has 0 aromatic carbocycles. The standard InChI is InChI=1S/C13H23N3O3/c14-9-13(4-7-19-8-5-13)12(18)15-6-3-11(17)16-10-1-2-10/h10H,1-9,14H2,(H,15,18)(H,16,17). The third kappa shape index (κ3) is 3.91. The fourth-order valence-corrected chi connectivity index (χ4v) is 2.29. The Kier molecular flexibility index (Phi) is 4.76. The van der Waals surface area contributed by atoms with Crippen molar-refractivity contribution in [3.8, 4) is 0 Å². The summed E-state index contributed by atoms with van der Waals surface area (Å²) in [4.78, 5) is 23.7. The van der Waals surface area contributed by atoms with Crippen LogP contribution in [0.5, 0.6) is 0 Å². The Balaban J connectivity index is 1.71. The third-order valence-corrected chi connectivity index (χ3v) is 3.90. The van der Waals surface area contributed by atoms with Crippen molar-refractivity contribution in [1.82, 2.24) is 10.6 Å². The fraction of sp³-hybridized carbons (Fsp3) is 0.846. The first kappa shape index (κ1) is 14.3. The normalized spacial score (nSPS) is 21.7. The Morgan fingerprint density at radius 1 is 1.26 bits per heavy atom. The zero-order chi connectivity index (χ0) is 13.7. The molecule has 2 amide bonds. The van der Waals surface area contributed by atoms with E-state index in [-0.39, 0.29) is 11.8 Å². The van der Waals surface area contributed by atoms with Crippen LogP contribution >= 0.6 is 0 Å². The van der Waals surface area contributed by atoms with Crippen molar-refractivity contribution in [2.45, 2.75) is 38.1 Å². The second kappa shape index (κ2) is 6.34. The molecule has 6 nitrogen and oxygen atoms in total. The van der Waals surface area contributed by atoms with Gasteiger partial charge in [-0.25, -0.2) is 0 Å². The van der Waals surface area contributed by atoms with Gasteiger partial charge in [0.05, 0.1) is 5.41 Å². The molecule has 2 rings (SSSR count). The molecule has 0 spiro atoms. The SMILES string of the molecule is NCC1(C(=O)NCCC(=O)NC2CC2)CCOCC1. The zero-order valence-corrected chi connectivity index (χ0v) is 11.2. The smallest absolute Gasteiger partial charge is 0.227 e. The molecule has 6 heteroatoms. The van der Waals surface area contributed by atoms with Crippen molar-refractivity contribution in [3.05, 3.63) is 0 Å². The zero-order valence-electron chi connectivity index (χ0n) is 11.2. The summed E-state index contributed by atoms with van der Waals surface area (Å²) >= 11 is 0. The first-order valence-corrected chi connectivity index (χ1v) is 7.02. The lowest BCUT2D eigenvalue weighted by molar-refractivity contribution is -0.136. The van der Waals surface area contributed by atoms with Gasteiger partial charge in [-0.05, 0) is 25.7 Å². The summed E-state index contributed by atoms with van der Waals surface area (Å²) < 4.78 is 5.27. The minimum atomic E-state index is -0.509. The molecule has 1 aliphatic heterocycles. The number of nitrogens with two attached hydrogens (primary N) is 1. The highest BCUT2D eigenvalue weighted by atomic mass is 16.5. The molecule has 0 aromatic rings. The van der Waals surface area contributed by atoms with Gasteiger partial charge in [-0.3, -0.25) is 9.59 Å². The maximum absolute atomic E-state index is 12.2. The van der Waals surface area contributed by atoms with Crippen LogP contribution in [0, 0.1) is 5.41 Å². The maximum Gasteiger partial charge on any atom is 0.227 e. The van der Waals surface area contributed by atoms with Gasteiger partial charge in [0.2, 0.25) is 11.8 Å². The van der Waals surface area contributed by atoms with Crippen LogP contribution < -0.4 is 16.4 Å². The van der Waals surface area contributed by atoms with Crippen molar-refractivity contribution in [1.29, 1.82) is 0 Å². The quantitative estimate of drug-likeness (QED) is 0.607. The minimum absolute atomic E-state index is 0.0107. The molecule has 108 valence electrons. The van der Waals surface area contributed by atoms with Crippen molar-refractivity contribution < 1.29 is 14.3 Å². The molecule has 0 aromatic heterocycles. The van der Waals surface area contributed by atoms with E-state index in [1.165, 1.54) is 0 Å². The van der Waals surface area contributed by atoms with E-state index in [4.69, 9.17) is 10.5 Å². The average molecular weight is 269 g/mol. The molecule has 0 radical (unpaired) electrons. The highest BCUT2D eigenvalue weighted by Crippen LogP contribution is 2.29. The van der Waals surface area contributed by atoms with Gasteiger partial charge < -0.3 is 21.1 Å². The molecule has 4 N–H and O–H groups in total. The Labute approximate surface area is 113 Å². The van der Waals surface area contributed by atoms with Crippen LogP contribution in [0.25, 0.3) is 0 Å². The Morgan fingerprint density at radius 2 is 1.95 bits per heavy atom. The van der Waals surface area contributed by atoms with Crippen molar-refractivity contribution in [3.63, 3.8) is 0 Å². The van der Waals surface area contributed by atoms with Crippen LogP contribution in [0.4, 0.5) is 0 Å². The number of rotatable bonds is 6. The molecule has 1 heterocycles. The molecule has 0 unspecified atom stereocenters. The topological polar surface area (TPSA) is 93.5 Å². The van der Waals surface area contributed by atoms with Gasteiger partial charge in [-0.2, -0.15) is 0 Å². The van der Waals surface area contributed by atoms with Gasteiger partial charge in [0.1, 0.15) is 0 Å². The van der Waals surface area contributed by atoms with E-state index < -0.39 is 5.41 Å². The molecule has 2 fully saturated rings. The van der Waals surface area contributed by atoms with Crippen LogP contribution in [0.15, 0.2) is 0 Å². The van der Waals surface area contributed by atoms with E-state index in [1.54, 1.807) is 0 Å². The van der Waals surface area contributed by atoms with E-state index in [1.807, 2.05) is 0 Å². The predicted octanol–water partition coefficient (Wildman–Crippen LogP) is -0.473. The number of hydrogen-bond donors (Lipinski definition) is 3. The molecule has 1 saturated carbocycles. The number of amides is 2. The number of nitrogens with one attached hydrogen (secondary N) is 2. The molecule has 1 aliphatic carbocycles. The third-order valence-electron chi connectivity index (χ3n) is 3.90. The Hall–Kier alpha value is -1.14. The summed E-state index contributed by atoms with van der Waals surface area (Å²) in [6, 6.07) is 0.370. The lowest BCUT2D eigenvalue weighted by atomic mass is 9.79. The summed E-state index contributed by atoms with van der Waals surface area (Å²) in [5, 5.41) is 5.73. The van der Waals surface area contributed by atoms with Crippen LogP contribution in [-0.4, -0.2) is 44.2 Å². The van der Waals surface area contributed by atoms with E-state index in [9.17, 15) is 9.59 Å². The highest BCUT2D eigenvalue weighted by molar-refractivity contribution is 5.84. The van der Waals surface area contributed by atoms with Gasteiger partial charge in [0.15, 0.2) is 0 Å². The first-order chi connectivity index (χ1) is 9.16. The number of ether oxygens (including phenoxy) is 1. The number of carbonyl (C=O) groups is 2. The summed E-state index contributed by atoms with van der Waals surface area (Å²) in [5.41, 5.74) is 5.24. The second-order valence-electron chi connectivity index (χ2n) is 5.44. The van der Waals surface area contributed by atoms with Crippen molar-refractivity contribution >= 4 is 11.8 Å². The molecular weight excluding hydrogens is 246 g/mol. The number of hydrogen-bond acceptors (Lipinski definition) is 4. The maximum atomic E-state index is 12.2. The van der Waals surface area contributed by atoms with Crippen LogP contribution in [0.2, 0.25) is 0 Å². The van der Waals surface area contributed by atoms with E-state index in [2.05, 4.69) is 10.6 Å². The molecule has 1 saturated heterocycles. The summed E-state index contributed by atoms with van der Waals surface area (Å²) in [6.45, 7) is 1.86. The summed E-state index contributed by atoms with van der Waals surface area (Å²) in [7, 11) is 0. The average Bonchev–Trinajstić information content (AvgIpc) is 3.23. The molecule has 19 heavy (non-hydrogen) atoms. The second-order valence-corrected chi connectivity index (χ2v) is 5.44. The lowest BCUT2D eigenvalue weighted by Gasteiger charge is -2.34. The molecular formula is C13H23N3O3. The lowest BCUT2D eigenvalue weighted by Crippen LogP contribution is -2.49. The monoisotopic (exact) mass is 269 g/mol. The fourth-order valence-electron chi connectivity index (χ4n) is 2.29. The highest BCUT2D eigenvalue weighted by Gasteiger charge is 2.38. The van der Waals surface area contributed by atoms with E-state index in [0.29, 0.717) is 51.6 Å². The van der Waals surface area contributed by atoms with Crippen LogP contribution in [-0.2, 0) is 14.3 Å². The largest absolute Gasteiger partial charge is 0.381 e. The van der Waals surface area contributed by atoms with Crippen molar-refractivity contribution in [2.75, 3.05) is 26.3 Å². The van der Waals surface area contributed by atoms with Crippen molar-refractivity contribution in [2.24, 2.45) is 11.1 Å². The first-order valence-electron chi connectivity index (χ1n) is 7.02. The summed E-state index contributed by atoms with van der Waals surface area (Å²) in [5.74, 6) is -0.0332. The number of carbonyl (C=O) groups excluding carboxylic acids is 2. The van der Waals surface area contributed by atoms with Gasteiger partial charge in [-0.1, -0.05) is 0 Å². The predicted molar refractivity (Wildman–Crippen MR) is 70.3 cm³/mol. The molecule has 0 bridgehead atoms. The molecule has 0 atom stereocenters. The van der Waals surface area contributed by atoms with E-state index >= 15 is 0 Å². The Morgan fingerprint density at radius 3 is 2.53 bits per heavy atom. The van der Waals surface area contributed by atoms with Gasteiger partial charge in [0.25, 0.3) is 0 Å². The Bertz CT molecular complexity index is 336. The molecule has 2 aliphatic rings. The van der Waals surface area contributed by atoms with E-state index in [0.717, 1.165) is 12.8 Å². The van der Waals surface area contributed by atoms with Gasteiger partial charge in [-0.15, -0.1) is 0 Å². The minimum Gasteiger partial charge on any atom is -0.381 e. The van der Waals surface area contributed by atoms with Gasteiger partial charge in [0, 0.05) is 38.8 Å². The van der Waals surface area contributed by atoms with Gasteiger partial charge >= 0.3 is 0 Å². The summed E-state index contributed by atoms with van der Waals surface area (Å²) in [6.07, 6.45) is 3.80.